The van der Waals surface area contributed by atoms with Crippen LogP contribution in [0.2, 0.25) is 18.1 Å². The Hall–Kier alpha value is -0.743. The predicted octanol–water partition coefficient (Wildman–Crippen LogP) is 5.94. The Labute approximate surface area is 178 Å². The largest absolute Gasteiger partial charge is 0.413 e. The lowest BCUT2D eigenvalue weighted by Gasteiger charge is -2.56. The molecule has 29 heavy (non-hydrogen) atoms. The molecule has 4 rings (SSSR count). The molecule has 0 aromatic heterocycles. The number of hydrogen-bond donors (Lipinski definition) is 0. The van der Waals surface area contributed by atoms with Crippen LogP contribution in [0, 0.1) is 35.0 Å². The van der Waals surface area contributed by atoms with Crippen molar-refractivity contribution in [2.24, 2.45) is 35.0 Å². The lowest BCUT2D eigenvalue weighted by Crippen LogP contribution is -2.53. The summed E-state index contributed by atoms with van der Waals surface area (Å²) < 4.78 is 7.00. The van der Waals surface area contributed by atoms with Gasteiger partial charge >= 0.3 is 0 Å². The van der Waals surface area contributed by atoms with Gasteiger partial charge in [-0.3, -0.25) is 4.79 Å². The summed E-state index contributed by atoms with van der Waals surface area (Å²) >= 11 is 0. The van der Waals surface area contributed by atoms with E-state index in [2.05, 4.69) is 40.8 Å². The van der Waals surface area contributed by atoms with Crippen molar-refractivity contribution in [3.05, 3.63) is 11.6 Å². The molecule has 0 amide bonds. The van der Waals surface area contributed by atoms with E-state index in [0.717, 1.165) is 19.3 Å². The van der Waals surface area contributed by atoms with Gasteiger partial charge in [0, 0.05) is 12.3 Å². The van der Waals surface area contributed by atoms with Crippen LogP contribution in [0.3, 0.4) is 0 Å². The van der Waals surface area contributed by atoms with Crippen molar-refractivity contribution in [3.8, 4) is 0 Å². The van der Waals surface area contributed by atoms with Crippen LogP contribution in [0.1, 0.15) is 72.6 Å². The van der Waals surface area contributed by atoms with Crippen LogP contribution in [-0.2, 0) is 14.0 Å². The minimum absolute atomic E-state index is 0.0876. The fourth-order valence-electron chi connectivity index (χ4n) is 7.10. The molecule has 0 spiro atoms. The lowest BCUT2D eigenvalue weighted by atomic mass is 9.49. The number of aldehydes is 1. The molecule has 0 radical (unpaired) electrons. The monoisotopic (exact) mass is 416 g/mol. The van der Waals surface area contributed by atoms with Gasteiger partial charge in [-0.1, -0.05) is 33.3 Å². The van der Waals surface area contributed by atoms with Crippen LogP contribution >= 0.6 is 0 Å². The van der Waals surface area contributed by atoms with Crippen molar-refractivity contribution in [2.75, 3.05) is 0 Å². The standard InChI is InChI=1S/C25H40O3Si/c1-24(2,3)29(5,6)28-22-10-9-21-23-17(15-26)13-16-14-18(27)7-8-19(16)20(23)11-12-25(21,22)4/h14-15,17,19-23H,7-13H2,1-6H3/t17-,19-,20+,21-,22-,23+,25-/m0/s1. The molecule has 0 aromatic rings. The third-order valence-corrected chi connectivity index (χ3v) is 14.2. The quantitative estimate of drug-likeness (QED) is 0.422. The second kappa shape index (κ2) is 7.15. The van der Waals surface area contributed by atoms with Crippen molar-refractivity contribution in [2.45, 2.75) is 96.9 Å². The molecule has 4 aliphatic carbocycles. The molecule has 4 aliphatic rings. The normalized spacial score (nSPS) is 42.6. The smallest absolute Gasteiger partial charge is 0.192 e. The second-order valence-corrected chi connectivity index (χ2v) is 16.9. The molecule has 7 atom stereocenters. The molecule has 3 nitrogen and oxygen atoms in total. The van der Waals surface area contributed by atoms with Gasteiger partial charge in [-0.25, -0.2) is 0 Å². The van der Waals surface area contributed by atoms with E-state index in [1.807, 2.05) is 6.08 Å². The Morgan fingerprint density at radius 2 is 1.90 bits per heavy atom. The Bertz CT molecular complexity index is 718. The van der Waals surface area contributed by atoms with E-state index in [0.29, 0.717) is 36.2 Å². The molecule has 0 heterocycles. The van der Waals surface area contributed by atoms with E-state index < -0.39 is 8.32 Å². The van der Waals surface area contributed by atoms with Crippen LogP contribution in [0.4, 0.5) is 0 Å². The number of rotatable bonds is 3. The minimum atomic E-state index is -1.81. The van der Waals surface area contributed by atoms with Gasteiger partial charge in [0.05, 0.1) is 6.10 Å². The van der Waals surface area contributed by atoms with Crippen molar-refractivity contribution in [3.63, 3.8) is 0 Å². The first-order valence-corrected chi connectivity index (χ1v) is 14.7. The Balaban J connectivity index is 1.61. The molecule has 0 saturated heterocycles. The van der Waals surface area contributed by atoms with Gasteiger partial charge in [0.15, 0.2) is 14.1 Å². The number of fused-ring (bicyclic) bond motifs is 5. The Morgan fingerprint density at radius 1 is 1.17 bits per heavy atom. The van der Waals surface area contributed by atoms with Crippen LogP contribution in [0.5, 0.6) is 0 Å². The highest BCUT2D eigenvalue weighted by Crippen LogP contribution is 2.64. The van der Waals surface area contributed by atoms with E-state index in [4.69, 9.17) is 4.43 Å². The molecular weight excluding hydrogens is 376 g/mol. The molecule has 4 heteroatoms. The highest BCUT2D eigenvalue weighted by molar-refractivity contribution is 6.74. The fraction of sp³-hybridized carbons (Fsp3) is 0.840. The number of hydrogen-bond acceptors (Lipinski definition) is 3. The molecule has 0 unspecified atom stereocenters. The van der Waals surface area contributed by atoms with Crippen LogP contribution in [0.25, 0.3) is 0 Å². The Kier molecular flexibility index (Phi) is 5.30. The highest BCUT2D eigenvalue weighted by Gasteiger charge is 2.60. The van der Waals surface area contributed by atoms with E-state index >= 15 is 0 Å². The van der Waals surface area contributed by atoms with Gasteiger partial charge in [-0.15, -0.1) is 0 Å². The van der Waals surface area contributed by atoms with E-state index in [1.165, 1.54) is 31.1 Å². The summed E-state index contributed by atoms with van der Waals surface area (Å²) in [6, 6.07) is 0. The number of carbonyl (C=O) groups excluding carboxylic acids is 2. The summed E-state index contributed by atoms with van der Waals surface area (Å²) in [6.45, 7) is 14.2. The summed E-state index contributed by atoms with van der Waals surface area (Å²) in [5.74, 6) is 2.55. The average Bonchev–Trinajstić information content (AvgIpc) is 2.95. The topological polar surface area (TPSA) is 43.4 Å². The van der Waals surface area contributed by atoms with Gasteiger partial charge in [0.1, 0.15) is 6.29 Å². The minimum Gasteiger partial charge on any atom is -0.413 e. The van der Waals surface area contributed by atoms with Gasteiger partial charge in [-0.2, -0.15) is 0 Å². The molecule has 0 bridgehead atoms. The summed E-state index contributed by atoms with van der Waals surface area (Å²) in [6.07, 6.45) is 10.7. The third kappa shape index (κ3) is 3.42. The predicted molar refractivity (Wildman–Crippen MR) is 119 cm³/mol. The number of carbonyl (C=O) groups is 2. The van der Waals surface area contributed by atoms with Gasteiger partial charge in [-0.05, 0) is 91.8 Å². The average molecular weight is 417 g/mol. The maximum atomic E-state index is 12.2. The summed E-state index contributed by atoms with van der Waals surface area (Å²) in [4.78, 5) is 24.2. The van der Waals surface area contributed by atoms with Gasteiger partial charge < -0.3 is 9.22 Å². The SMILES string of the molecule is CC(C)(C)[Si](C)(C)O[C@H]1CC[C@H]2[C@H]3[C@H](CC[C@]12C)[C@H]1CCC(=O)C=C1C[C@H]3C=O. The zero-order valence-electron chi connectivity index (χ0n) is 19.3. The molecule has 0 aliphatic heterocycles. The highest BCUT2D eigenvalue weighted by atomic mass is 28.4. The van der Waals surface area contributed by atoms with Crippen LogP contribution in [-0.4, -0.2) is 26.5 Å². The zero-order valence-corrected chi connectivity index (χ0v) is 20.3. The lowest BCUT2D eigenvalue weighted by molar-refractivity contribution is -0.124. The van der Waals surface area contributed by atoms with E-state index in [9.17, 15) is 9.59 Å². The molecule has 0 N–H and O–H groups in total. The first-order valence-electron chi connectivity index (χ1n) is 11.8. The molecular formula is C25H40O3Si. The first-order chi connectivity index (χ1) is 13.5. The zero-order chi connectivity index (χ0) is 21.2. The molecule has 3 saturated carbocycles. The summed E-state index contributed by atoms with van der Waals surface area (Å²) in [5, 5.41) is 0.225. The second-order valence-electron chi connectivity index (χ2n) is 12.2. The summed E-state index contributed by atoms with van der Waals surface area (Å²) in [5.41, 5.74) is 1.49. The molecule has 0 aromatic carbocycles. The third-order valence-electron chi connectivity index (χ3n) is 9.72. The summed E-state index contributed by atoms with van der Waals surface area (Å²) in [7, 11) is -1.81. The maximum Gasteiger partial charge on any atom is 0.192 e. The van der Waals surface area contributed by atoms with Crippen molar-refractivity contribution >= 4 is 20.4 Å². The van der Waals surface area contributed by atoms with Crippen molar-refractivity contribution in [1.82, 2.24) is 0 Å². The van der Waals surface area contributed by atoms with E-state index in [-0.39, 0.29) is 22.2 Å². The maximum absolute atomic E-state index is 12.2. The first kappa shape index (κ1) is 21.5. The van der Waals surface area contributed by atoms with Crippen LogP contribution < -0.4 is 0 Å². The van der Waals surface area contributed by atoms with Crippen molar-refractivity contribution < 1.29 is 14.0 Å². The fourth-order valence-corrected chi connectivity index (χ4v) is 8.55. The van der Waals surface area contributed by atoms with Gasteiger partial charge in [0.25, 0.3) is 0 Å². The Morgan fingerprint density at radius 3 is 2.55 bits per heavy atom. The number of allylic oxidation sites excluding steroid dienone is 1. The van der Waals surface area contributed by atoms with E-state index in [1.54, 1.807) is 0 Å². The molecule has 3 fully saturated rings. The van der Waals surface area contributed by atoms with Gasteiger partial charge in [0.2, 0.25) is 0 Å². The number of ketones is 1. The van der Waals surface area contributed by atoms with Crippen molar-refractivity contribution in [1.29, 1.82) is 0 Å². The molecule has 162 valence electrons. The van der Waals surface area contributed by atoms with Crippen LogP contribution in [0.15, 0.2) is 11.6 Å².